The van der Waals surface area contributed by atoms with Crippen LogP contribution in [0, 0.1) is 0 Å². The van der Waals surface area contributed by atoms with Gasteiger partial charge in [0.05, 0.1) is 0 Å². The van der Waals surface area contributed by atoms with Crippen molar-refractivity contribution in [1.29, 1.82) is 0 Å². The molecule has 88 valence electrons. The Hall–Kier alpha value is -0.900. The topological polar surface area (TPSA) is 64.1 Å². The first-order valence-corrected chi connectivity index (χ1v) is 6.06. The molecule has 1 aliphatic rings. The molecule has 5 N–H and O–H groups in total. The zero-order valence-corrected chi connectivity index (χ0v) is 9.65. The smallest absolute Gasteiger partial charge is 0.0196 e. The monoisotopic (exact) mass is 219 g/mol. The van der Waals surface area contributed by atoms with E-state index >= 15 is 0 Å². The third kappa shape index (κ3) is 2.61. The Morgan fingerprint density at radius 2 is 1.94 bits per heavy atom. The molecule has 0 saturated carbocycles. The van der Waals surface area contributed by atoms with E-state index in [0.717, 1.165) is 19.5 Å². The average molecular weight is 219 g/mol. The van der Waals surface area contributed by atoms with Crippen LogP contribution in [0.1, 0.15) is 29.9 Å². The molecule has 2 rings (SSSR count). The van der Waals surface area contributed by atoms with Crippen LogP contribution in [-0.2, 0) is 6.54 Å². The molecule has 3 heteroatoms. The summed E-state index contributed by atoms with van der Waals surface area (Å²) >= 11 is 0. The van der Waals surface area contributed by atoms with E-state index < -0.39 is 0 Å². The molecule has 0 bridgehead atoms. The molecule has 3 nitrogen and oxygen atoms in total. The van der Waals surface area contributed by atoms with Crippen molar-refractivity contribution < 1.29 is 0 Å². The lowest BCUT2D eigenvalue weighted by Crippen LogP contribution is -2.42. The lowest BCUT2D eigenvalue weighted by molar-refractivity contribution is 0.367. The van der Waals surface area contributed by atoms with Crippen LogP contribution in [0.4, 0.5) is 0 Å². The number of piperidine rings is 1. The third-order valence-electron chi connectivity index (χ3n) is 3.47. The number of benzene rings is 1. The second kappa shape index (κ2) is 5.43. The predicted octanol–water partition coefficient (Wildman–Crippen LogP) is 0.940. The standard InChI is InChI=1S/C13H21N3/c14-8-10-1-3-11(4-2-10)12-5-6-16-13(7-12)9-15/h1-4,12-13,16H,5-9,14-15H2. The Balaban J connectivity index is 2.05. The molecular weight excluding hydrogens is 198 g/mol. The predicted molar refractivity (Wildman–Crippen MR) is 67.2 cm³/mol. The van der Waals surface area contributed by atoms with Gasteiger partial charge in [-0.3, -0.25) is 0 Å². The summed E-state index contributed by atoms with van der Waals surface area (Å²) in [7, 11) is 0. The summed E-state index contributed by atoms with van der Waals surface area (Å²) in [4.78, 5) is 0. The van der Waals surface area contributed by atoms with Crippen molar-refractivity contribution >= 4 is 0 Å². The van der Waals surface area contributed by atoms with Gasteiger partial charge >= 0.3 is 0 Å². The van der Waals surface area contributed by atoms with Crippen molar-refractivity contribution in [3.63, 3.8) is 0 Å². The van der Waals surface area contributed by atoms with Crippen LogP contribution in [0.25, 0.3) is 0 Å². The van der Waals surface area contributed by atoms with Gasteiger partial charge in [0.25, 0.3) is 0 Å². The average Bonchev–Trinajstić information content (AvgIpc) is 2.39. The molecule has 16 heavy (non-hydrogen) atoms. The fraction of sp³-hybridized carbons (Fsp3) is 0.538. The molecule has 1 aromatic rings. The van der Waals surface area contributed by atoms with Crippen LogP contribution < -0.4 is 16.8 Å². The Morgan fingerprint density at radius 3 is 2.56 bits per heavy atom. The Morgan fingerprint density at radius 1 is 1.19 bits per heavy atom. The molecule has 1 heterocycles. The lowest BCUT2D eigenvalue weighted by atomic mass is 9.86. The van der Waals surface area contributed by atoms with Crippen molar-refractivity contribution in [3.05, 3.63) is 35.4 Å². The Kier molecular flexibility index (Phi) is 3.93. The number of hydrogen-bond acceptors (Lipinski definition) is 3. The molecule has 1 fully saturated rings. The summed E-state index contributed by atoms with van der Waals surface area (Å²) in [6, 6.07) is 9.18. The molecule has 0 spiro atoms. The SMILES string of the molecule is NCc1ccc(C2CCNC(CN)C2)cc1. The highest BCUT2D eigenvalue weighted by Gasteiger charge is 2.21. The first kappa shape index (κ1) is 11.6. The van der Waals surface area contributed by atoms with Gasteiger partial charge in [-0.05, 0) is 36.4 Å². The summed E-state index contributed by atoms with van der Waals surface area (Å²) in [6.07, 6.45) is 2.36. The number of rotatable bonds is 3. The molecule has 0 aromatic heterocycles. The highest BCUT2D eigenvalue weighted by Crippen LogP contribution is 2.27. The van der Waals surface area contributed by atoms with Crippen LogP contribution in [0.15, 0.2) is 24.3 Å². The van der Waals surface area contributed by atoms with Gasteiger partial charge < -0.3 is 16.8 Å². The Labute approximate surface area is 97.2 Å². The van der Waals surface area contributed by atoms with Crippen molar-refractivity contribution in [2.45, 2.75) is 31.3 Å². The zero-order valence-electron chi connectivity index (χ0n) is 9.65. The van der Waals surface area contributed by atoms with Crippen LogP contribution in [0.3, 0.4) is 0 Å². The summed E-state index contributed by atoms with van der Waals surface area (Å²) in [5.41, 5.74) is 13.9. The molecule has 2 atom stereocenters. The van der Waals surface area contributed by atoms with Gasteiger partial charge in [0.2, 0.25) is 0 Å². The van der Waals surface area contributed by atoms with E-state index in [0.29, 0.717) is 18.5 Å². The first-order valence-electron chi connectivity index (χ1n) is 6.06. The summed E-state index contributed by atoms with van der Waals surface area (Å²) in [6.45, 7) is 2.43. The largest absolute Gasteiger partial charge is 0.329 e. The van der Waals surface area contributed by atoms with Crippen LogP contribution in [0.2, 0.25) is 0 Å². The maximum absolute atomic E-state index is 5.71. The van der Waals surface area contributed by atoms with E-state index in [-0.39, 0.29) is 0 Å². The highest BCUT2D eigenvalue weighted by atomic mass is 14.9. The highest BCUT2D eigenvalue weighted by molar-refractivity contribution is 5.26. The van der Waals surface area contributed by atoms with E-state index in [1.165, 1.54) is 17.5 Å². The molecule has 1 aromatic carbocycles. The van der Waals surface area contributed by atoms with Crippen LogP contribution in [-0.4, -0.2) is 19.1 Å². The van der Waals surface area contributed by atoms with Gasteiger partial charge in [-0.25, -0.2) is 0 Å². The summed E-state index contributed by atoms with van der Waals surface area (Å²) < 4.78 is 0. The minimum Gasteiger partial charge on any atom is -0.329 e. The van der Waals surface area contributed by atoms with Crippen molar-refractivity contribution in [2.24, 2.45) is 11.5 Å². The minimum absolute atomic E-state index is 0.480. The van der Waals surface area contributed by atoms with Crippen molar-refractivity contribution in [1.82, 2.24) is 5.32 Å². The van der Waals surface area contributed by atoms with Gasteiger partial charge in [-0.2, -0.15) is 0 Å². The third-order valence-corrected chi connectivity index (χ3v) is 3.47. The van der Waals surface area contributed by atoms with Gasteiger partial charge in [0, 0.05) is 19.1 Å². The molecule has 2 unspecified atom stereocenters. The molecule has 0 amide bonds. The zero-order chi connectivity index (χ0) is 11.4. The van der Waals surface area contributed by atoms with Crippen molar-refractivity contribution in [3.8, 4) is 0 Å². The number of hydrogen-bond donors (Lipinski definition) is 3. The van der Waals surface area contributed by atoms with Gasteiger partial charge in [0.15, 0.2) is 0 Å². The van der Waals surface area contributed by atoms with Crippen LogP contribution in [0.5, 0.6) is 0 Å². The second-order valence-electron chi connectivity index (χ2n) is 4.55. The molecule has 1 saturated heterocycles. The summed E-state index contributed by atoms with van der Waals surface area (Å²) in [5, 5.41) is 3.45. The van der Waals surface area contributed by atoms with E-state index in [1.807, 2.05) is 0 Å². The molecular formula is C13H21N3. The molecule has 0 radical (unpaired) electrons. The van der Waals surface area contributed by atoms with E-state index in [4.69, 9.17) is 11.5 Å². The molecule has 0 aliphatic carbocycles. The first-order chi connectivity index (χ1) is 7.83. The van der Waals surface area contributed by atoms with Crippen molar-refractivity contribution in [2.75, 3.05) is 13.1 Å². The van der Waals surface area contributed by atoms with Crippen LogP contribution >= 0.6 is 0 Å². The van der Waals surface area contributed by atoms with Gasteiger partial charge in [-0.1, -0.05) is 24.3 Å². The maximum Gasteiger partial charge on any atom is 0.0196 e. The maximum atomic E-state index is 5.71. The molecule has 1 aliphatic heterocycles. The van der Waals surface area contributed by atoms with E-state index in [9.17, 15) is 0 Å². The van der Waals surface area contributed by atoms with Gasteiger partial charge in [0.1, 0.15) is 0 Å². The quantitative estimate of drug-likeness (QED) is 0.709. The van der Waals surface area contributed by atoms with E-state index in [2.05, 4.69) is 29.6 Å². The number of nitrogens with one attached hydrogen (secondary N) is 1. The van der Waals surface area contributed by atoms with E-state index in [1.54, 1.807) is 0 Å². The minimum atomic E-state index is 0.480. The fourth-order valence-corrected chi connectivity index (χ4v) is 2.41. The Bertz CT molecular complexity index is 320. The fourth-order valence-electron chi connectivity index (χ4n) is 2.41. The second-order valence-corrected chi connectivity index (χ2v) is 4.55. The lowest BCUT2D eigenvalue weighted by Gasteiger charge is -2.29. The normalized spacial score (nSPS) is 25.6. The number of nitrogens with two attached hydrogens (primary N) is 2. The summed E-state index contributed by atoms with van der Waals surface area (Å²) in [5.74, 6) is 0.654. The van der Waals surface area contributed by atoms with Gasteiger partial charge in [-0.15, -0.1) is 0 Å².